The second-order valence-electron chi connectivity index (χ2n) is 5.64. The highest BCUT2D eigenvalue weighted by Gasteiger charge is 2.29. The number of pyridine rings is 1. The molecule has 7 nitrogen and oxygen atoms in total. The van der Waals surface area contributed by atoms with Gasteiger partial charge in [-0.2, -0.15) is 0 Å². The number of hydrogen-bond donors (Lipinski definition) is 0. The van der Waals surface area contributed by atoms with Gasteiger partial charge in [-0.05, 0) is 24.3 Å². The van der Waals surface area contributed by atoms with Gasteiger partial charge in [-0.3, -0.25) is 10.1 Å². The molecule has 0 aromatic carbocycles. The minimum absolute atomic E-state index is 0.0797. The van der Waals surface area contributed by atoms with Crippen LogP contribution in [-0.4, -0.2) is 36.1 Å². The van der Waals surface area contributed by atoms with Gasteiger partial charge in [-0.25, -0.2) is 9.78 Å². The molecule has 0 aliphatic carbocycles. The molecular formula is C14H19N3O4. The summed E-state index contributed by atoms with van der Waals surface area (Å²) in [7, 11) is 1.26. The lowest BCUT2D eigenvalue weighted by Crippen LogP contribution is -2.39. The number of ether oxygens (including phenoxy) is 1. The summed E-state index contributed by atoms with van der Waals surface area (Å²) in [6.45, 7) is 5.61. The standard InChI is InChI=1S/C14H19N3O4/c1-9-6-10(2)8-16(7-9)13-12(17(19)20)5-4-11(15-13)14(18)21-3/h4-5,9-10H,6-8H2,1-3H3. The van der Waals surface area contributed by atoms with E-state index in [4.69, 9.17) is 0 Å². The minimum atomic E-state index is -0.593. The van der Waals surface area contributed by atoms with Crippen molar-refractivity contribution in [3.63, 3.8) is 0 Å². The quantitative estimate of drug-likeness (QED) is 0.482. The van der Waals surface area contributed by atoms with Crippen LogP contribution in [0.4, 0.5) is 11.5 Å². The summed E-state index contributed by atoms with van der Waals surface area (Å²) in [5.74, 6) is 0.513. The summed E-state index contributed by atoms with van der Waals surface area (Å²) in [4.78, 5) is 28.4. The summed E-state index contributed by atoms with van der Waals surface area (Å²) >= 11 is 0. The molecule has 2 atom stereocenters. The molecule has 1 aliphatic heterocycles. The Bertz CT molecular complexity index is 551. The number of methoxy groups -OCH3 is 1. The highest BCUT2D eigenvalue weighted by Crippen LogP contribution is 2.31. The molecule has 0 N–H and O–H groups in total. The third-order valence-corrected chi connectivity index (χ3v) is 3.61. The number of aromatic nitrogens is 1. The van der Waals surface area contributed by atoms with Gasteiger partial charge < -0.3 is 9.64 Å². The maximum Gasteiger partial charge on any atom is 0.356 e. The smallest absolute Gasteiger partial charge is 0.356 e. The highest BCUT2D eigenvalue weighted by atomic mass is 16.6. The van der Waals surface area contributed by atoms with Crippen molar-refractivity contribution in [3.8, 4) is 0 Å². The molecular weight excluding hydrogens is 274 g/mol. The van der Waals surface area contributed by atoms with Crippen molar-refractivity contribution >= 4 is 17.5 Å². The van der Waals surface area contributed by atoms with Gasteiger partial charge >= 0.3 is 11.7 Å². The Hall–Kier alpha value is -2.18. The van der Waals surface area contributed by atoms with Gasteiger partial charge in [-0.1, -0.05) is 13.8 Å². The average Bonchev–Trinajstić information content (AvgIpc) is 2.44. The monoisotopic (exact) mass is 293 g/mol. The van der Waals surface area contributed by atoms with Crippen LogP contribution < -0.4 is 4.90 Å². The lowest BCUT2D eigenvalue weighted by atomic mass is 9.92. The van der Waals surface area contributed by atoms with Crippen molar-refractivity contribution in [2.24, 2.45) is 11.8 Å². The molecule has 0 amide bonds. The van der Waals surface area contributed by atoms with Gasteiger partial charge in [0.15, 0.2) is 5.69 Å². The Kier molecular flexibility index (Phi) is 4.40. The van der Waals surface area contributed by atoms with Gasteiger partial charge in [0.05, 0.1) is 12.0 Å². The zero-order valence-electron chi connectivity index (χ0n) is 12.4. The highest BCUT2D eigenvalue weighted by molar-refractivity contribution is 5.88. The van der Waals surface area contributed by atoms with Gasteiger partial charge in [0.1, 0.15) is 0 Å². The molecule has 21 heavy (non-hydrogen) atoms. The summed E-state index contributed by atoms with van der Waals surface area (Å²) in [5.41, 5.74) is 0.00735. The molecule has 1 aromatic heterocycles. The molecule has 0 spiro atoms. The van der Waals surface area contributed by atoms with Crippen LogP contribution in [0.25, 0.3) is 0 Å². The molecule has 0 bridgehead atoms. The number of nitro groups is 1. The maximum atomic E-state index is 11.6. The molecule has 1 aliphatic rings. The molecule has 2 unspecified atom stereocenters. The van der Waals surface area contributed by atoms with E-state index in [-0.39, 0.29) is 17.2 Å². The first-order valence-electron chi connectivity index (χ1n) is 6.91. The SMILES string of the molecule is COC(=O)c1ccc([N+](=O)[O-])c(N2CC(C)CC(C)C2)n1. The molecule has 1 saturated heterocycles. The van der Waals surface area contributed by atoms with E-state index in [0.29, 0.717) is 24.9 Å². The number of rotatable bonds is 3. The Labute approximate surface area is 123 Å². The summed E-state index contributed by atoms with van der Waals surface area (Å²) in [6, 6.07) is 2.64. The second-order valence-corrected chi connectivity index (χ2v) is 5.64. The van der Waals surface area contributed by atoms with Gasteiger partial charge in [0.25, 0.3) is 0 Å². The van der Waals surface area contributed by atoms with Crippen molar-refractivity contribution in [1.29, 1.82) is 0 Å². The number of carbonyl (C=O) groups excluding carboxylic acids is 1. The lowest BCUT2D eigenvalue weighted by Gasteiger charge is -2.35. The van der Waals surface area contributed by atoms with Crippen LogP contribution in [0.1, 0.15) is 30.8 Å². The van der Waals surface area contributed by atoms with E-state index in [0.717, 1.165) is 6.42 Å². The topological polar surface area (TPSA) is 85.6 Å². The van der Waals surface area contributed by atoms with E-state index in [1.165, 1.54) is 19.2 Å². The fourth-order valence-electron chi connectivity index (χ4n) is 2.87. The zero-order valence-corrected chi connectivity index (χ0v) is 12.4. The molecule has 7 heteroatoms. The number of hydrogen-bond acceptors (Lipinski definition) is 6. The fourth-order valence-corrected chi connectivity index (χ4v) is 2.87. The number of anilines is 1. The van der Waals surface area contributed by atoms with E-state index < -0.39 is 10.9 Å². The van der Waals surface area contributed by atoms with Crippen molar-refractivity contribution in [1.82, 2.24) is 4.98 Å². The largest absolute Gasteiger partial charge is 0.464 e. The van der Waals surface area contributed by atoms with E-state index in [9.17, 15) is 14.9 Å². The normalized spacial score (nSPS) is 22.0. The van der Waals surface area contributed by atoms with E-state index in [1.807, 2.05) is 4.90 Å². The first-order chi connectivity index (χ1) is 9.92. The predicted octanol–water partition coefficient (Wildman–Crippen LogP) is 2.26. The Morgan fingerprint density at radius 2 is 2.00 bits per heavy atom. The van der Waals surface area contributed by atoms with Gasteiger partial charge in [-0.15, -0.1) is 0 Å². The zero-order chi connectivity index (χ0) is 15.6. The van der Waals surface area contributed by atoms with E-state index in [1.54, 1.807) is 0 Å². The predicted molar refractivity (Wildman–Crippen MR) is 77.4 cm³/mol. The molecule has 2 heterocycles. The van der Waals surface area contributed by atoms with Gasteiger partial charge in [0.2, 0.25) is 5.82 Å². The Morgan fingerprint density at radius 1 is 1.38 bits per heavy atom. The minimum Gasteiger partial charge on any atom is -0.464 e. The van der Waals surface area contributed by atoms with Crippen molar-refractivity contribution in [2.75, 3.05) is 25.1 Å². The summed E-state index contributed by atoms with van der Waals surface area (Å²) < 4.78 is 4.63. The first kappa shape index (κ1) is 15.2. The number of esters is 1. The van der Waals surface area contributed by atoms with Crippen LogP contribution in [-0.2, 0) is 4.74 Å². The van der Waals surface area contributed by atoms with E-state index >= 15 is 0 Å². The third kappa shape index (κ3) is 3.29. The van der Waals surface area contributed by atoms with Crippen molar-refractivity contribution in [2.45, 2.75) is 20.3 Å². The van der Waals surface area contributed by atoms with E-state index in [2.05, 4.69) is 23.6 Å². The molecule has 114 valence electrons. The van der Waals surface area contributed by atoms with Crippen LogP contribution in [0.3, 0.4) is 0 Å². The Morgan fingerprint density at radius 3 is 2.52 bits per heavy atom. The molecule has 1 aromatic rings. The van der Waals surface area contributed by atoms with Crippen LogP contribution in [0.15, 0.2) is 12.1 Å². The van der Waals surface area contributed by atoms with Crippen molar-refractivity contribution in [3.05, 3.63) is 27.9 Å². The molecule has 0 radical (unpaired) electrons. The van der Waals surface area contributed by atoms with Gasteiger partial charge in [0, 0.05) is 19.2 Å². The number of carbonyl (C=O) groups is 1. The number of piperidine rings is 1. The number of nitrogens with zero attached hydrogens (tertiary/aromatic N) is 3. The Balaban J connectivity index is 2.43. The maximum absolute atomic E-state index is 11.6. The third-order valence-electron chi connectivity index (χ3n) is 3.61. The first-order valence-corrected chi connectivity index (χ1v) is 6.91. The summed E-state index contributed by atoms with van der Waals surface area (Å²) in [6.07, 6.45) is 1.08. The van der Waals surface area contributed by atoms with Crippen molar-refractivity contribution < 1.29 is 14.5 Å². The second kappa shape index (κ2) is 6.07. The van der Waals surface area contributed by atoms with Crippen LogP contribution in [0.2, 0.25) is 0 Å². The molecule has 0 saturated carbocycles. The fraction of sp³-hybridized carbons (Fsp3) is 0.571. The van der Waals surface area contributed by atoms with Crippen LogP contribution in [0, 0.1) is 22.0 Å². The molecule has 2 rings (SSSR count). The average molecular weight is 293 g/mol. The summed E-state index contributed by atoms with van der Waals surface area (Å²) in [5, 5.41) is 11.2. The van der Waals surface area contributed by atoms with Crippen LogP contribution in [0.5, 0.6) is 0 Å². The van der Waals surface area contributed by atoms with Crippen LogP contribution >= 0.6 is 0 Å². The lowest BCUT2D eigenvalue weighted by molar-refractivity contribution is -0.384. The molecule has 1 fully saturated rings.